The van der Waals surface area contributed by atoms with Crippen molar-refractivity contribution in [2.24, 2.45) is 5.92 Å². The molecule has 26 heavy (non-hydrogen) atoms. The van der Waals surface area contributed by atoms with E-state index in [1.165, 1.54) is 13.0 Å². The van der Waals surface area contributed by atoms with E-state index in [1.54, 1.807) is 56.3 Å². The maximum Gasteiger partial charge on any atom is 0.340 e. The van der Waals surface area contributed by atoms with Crippen LogP contribution in [0.25, 0.3) is 0 Å². The molecule has 0 bridgehead atoms. The third-order valence-corrected chi connectivity index (χ3v) is 4.04. The minimum absolute atomic E-state index is 0.105. The predicted octanol–water partition coefficient (Wildman–Crippen LogP) is 4.36. The number of ketones is 1. The SMILES string of the molecule is CC(C)C(=O)Nc1ccc(C(=O)C(C)OC(=O)c2ccccc2Cl)cc1. The second-order valence-corrected chi connectivity index (χ2v) is 6.52. The van der Waals surface area contributed by atoms with Gasteiger partial charge in [0, 0.05) is 17.2 Å². The first kappa shape index (κ1) is 19.7. The van der Waals surface area contributed by atoms with Crippen LogP contribution in [0.4, 0.5) is 5.69 Å². The van der Waals surface area contributed by atoms with Gasteiger partial charge in [0.1, 0.15) is 0 Å². The Labute approximate surface area is 157 Å². The van der Waals surface area contributed by atoms with Crippen molar-refractivity contribution in [3.05, 3.63) is 64.7 Å². The number of carbonyl (C=O) groups excluding carboxylic acids is 3. The Morgan fingerprint density at radius 1 is 0.962 bits per heavy atom. The Hall–Kier alpha value is -2.66. The van der Waals surface area contributed by atoms with Crippen LogP contribution in [0.1, 0.15) is 41.5 Å². The molecule has 0 aliphatic heterocycles. The van der Waals surface area contributed by atoms with Gasteiger partial charge in [-0.1, -0.05) is 37.6 Å². The lowest BCUT2D eigenvalue weighted by atomic mass is 10.1. The molecular formula is C20H20ClNO4. The van der Waals surface area contributed by atoms with Crippen LogP contribution in [0.3, 0.4) is 0 Å². The first-order valence-electron chi connectivity index (χ1n) is 8.20. The molecule has 2 rings (SSSR count). The smallest absolute Gasteiger partial charge is 0.340 e. The number of ether oxygens (including phenoxy) is 1. The number of nitrogens with one attached hydrogen (secondary N) is 1. The third kappa shape index (κ3) is 4.92. The summed E-state index contributed by atoms with van der Waals surface area (Å²) in [6.07, 6.45) is -0.963. The monoisotopic (exact) mass is 373 g/mol. The highest BCUT2D eigenvalue weighted by Crippen LogP contribution is 2.18. The standard InChI is InChI=1S/C20H20ClNO4/c1-12(2)19(24)22-15-10-8-14(9-11-15)18(23)13(3)26-20(25)16-6-4-5-7-17(16)21/h4-13H,1-3H3,(H,22,24). The van der Waals surface area contributed by atoms with Gasteiger partial charge in [-0.05, 0) is 43.3 Å². The number of halogens is 1. The highest BCUT2D eigenvalue weighted by atomic mass is 35.5. The van der Waals surface area contributed by atoms with Crippen molar-refractivity contribution < 1.29 is 19.1 Å². The molecule has 0 heterocycles. The second-order valence-electron chi connectivity index (χ2n) is 6.11. The molecular weight excluding hydrogens is 354 g/mol. The minimum Gasteiger partial charge on any atom is -0.451 e. The molecule has 2 aromatic rings. The fourth-order valence-corrected chi connectivity index (χ4v) is 2.36. The molecule has 2 aromatic carbocycles. The molecule has 0 spiro atoms. The van der Waals surface area contributed by atoms with Gasteiger partial charge >= 0.3 is 5.97 Å². The number of benzene rings is 2. The van der Waals surface area contributed by atoms with Crippen molar-refractivity contribution in [1.82, 2.24) is 0 Å². The van der Waals surface area contributed by atoms with Crippen LogP contribution >= 0.6 is 11.6 Å². The van der Waals surface area contributed by atoms with Gasteiger partial charge in [-0.25, -0.2) is 4.79 Å². The topological polar surface area (TPSA) is 72.5 Å². The first-order valence-corrected chi connectivity index (χ1v) is 8.58. The second kappa shape index (κ2) is 8.63. The minimum atomic E-state index is -0.963. The van der Waals surface area contributed by atoms with Crippen LogP contribution in [0.2, 0.25) is 5.02 Å². The molecule has 6 heteroatoms. The number of carbonyl (C=O) groups is 3. The summed E-state index contributed by atoms with van der Waals surface area (Å²) in [6.45, 7) is 5.09. The molecule has 1 unspecified atom stereocenters. The summed E-state index contributed by atoms with van der Waals surface area (Å²) >= 11 is 5.96. The maximum atomic E-state index is 12.4. The van der Waals surface area contributed by atoms with Gasteiger partial charge in [-0.3, -0.25) is 9.59 Å². The summed E-state index contributed by atoms with van der Waals surface area (Å²) < 4.78 is 5.22. The average Bonchev–Trinajstić information content (AvgIpc) is 2.61. The predicted molar refractivity (Wildman–Crippen MR) is 101 cm³/mol. The number of rotatable bonds is 6. The van der Waals surface area contributed by atoms with Gasteiger partial charge in [-0.2, -0.15) is 0 Å². The highest BCUT2D eigenvalue weighted by molar-refractivity contribution is 6.33. The fourth-order valence-electron chi connectivity index (χ4n) is 2.14. The average molecular weight is 374 g/mol. The summed E-state index contributed by atoms with van der Waals surface area (Å²) in [5, 5.41) is 3.01. The molecule has 0 aliphatic carbocycles. The Morgan fingerprint density at radius 3 is 2.15 bits per heavy atom. The molecule has 136 valence electrons. The van der Waals surface area contributed by atoms with E-state index in [-0.39, 0.29) is 28.2 Å². The Bertz CT molecular complexity index is 815. The quantitative estimate of drug-likeness (QED) is 0.603. The summed E-state index contributed by atoms with van der Waals surface area (Å²) in [6, 6.07) is 12.9. The normalized spacial score (nSPS) is 11.7. The highest BCUT2D eigenvalue weighted by Gasteiger charge is 2.21. The van der Waals surface area contributed by atoms with Gasteiger partial charge in [-0.15, -0.1) is 0 Å². The van der Waals surface area contributed by atoms with E-state index in [4.69, 9.17) is 16.3 Å². The molecule has 0 aromatic heterocycles. The maximum absolute atomic E-state index is 12.4. The molecule has 5 nitrogen and oxygen atoms in total. The van der Waals surface area contributed by atoms with Crippen molar-refractivity contribution >= 4 is 34.9 Å². The van der Waals surface area contributed by atoms with Crippen LogP contribution in [-0.4, -0.2) is 23.8 Å². The molecule has 1 amide bonds. The van der Waals surface area contributed by atoms with Crippen LogP contribution in [0.5, 0.6) is 0 Å². The summed E-state index contributed by atoms with van der Waals surface area (Å²) in [5.41, 5.74) is 1.19. The lowest BCUT2D eigenvalue weighted by Gasteiger charge is -2.13. The summed E-state index contributed by atoms with van der Waals surface area (Å²) in [4.78, 5) is 36.3. The molecule has 0 saturated carbocycles. The summed E-state index contributed by atoms with van der Waals surface area (Å²) in [5.74, 6) is -1.24. The van der Waals surface area contributed by atoms with Crippen LogP contribution in [0.15, 0.2) is 48.5 Å². The lowest BCUT2D eigenvalue weighted by molar-refractivity contribution is -0.118. The van der Waals surface area contributed by atoms with Crippen molar-refractivity contribution in [2.45, 2.75) is 26.9 Å². The molecule has 0 radical (unpaired) electrons. The van der Waals surface area contributed by atoms with Gasteiger partial charge in [0.25, 0.3) is 0 Å². The molecule has 0 aliphatic rings. The Balaban J connectivity index is 2.03. The van der Waals surface area contributed by atoms with Crippen molar-refractivity contribution in [3.8, 4) is 0 Å². The van der Waals surface area contributed by atoms with E-state index in [9.17, 15) is 14.4 Å². The molecule has 1 N–H and O–H groups in total. The number of hydrogen-bond donors (Lipinski definition) is 1. The van der Waals surface area contributed by atoms with E-state index in [2.05, 4.69) is 5.32 Å². The Morgan fingerprint density at radius 2 is 1.58 bits per heavy atom. The fraction of sp³-hybridized carbons (Fsp3) is 0.250. The number of Topliss-reactive ketones (excluding diaryl/α,β-unsaturated/α-hetero) is 1. The zero-order valence-electron chi connectivity index (χ0n) is 14.8. The van der Waals surface area contributed by atoms with E-state index in [0.29, 0.717) is 11.3 Å². The van der Waals surface area contributed by atoms with Gasteiger partial charge < -0.3 is 10.1 Å². The third-order valence-electron chi connectivity index (χ3n) is 3.71. The first-order chi connectivity index (χ1) is 12.3. The number of hydrogen-bond acceptors (Lipinski definition) is 4. The van der Waals surface area contributed by atoms with E-state index >= 15 is 0 Å². The molecule has 0 saturated heterocycles. The number of anilines is 1. The van der Waals surface area contributed by atoms with Crippen molar-refractivity contribution in [3.63, 3.8) is 0 Å². The Kier molecular flexibility index (Phi) is 6.52. The zero-order valence-corrected chi connectivity index (χ0v) is 15.5. The van der Waals surface area contributed by atoms with E-state index in [0.717, 1.165) is 0 Å². The van der Waals surface area contributed by atoms with Crippen molar-refractivity contribution in [2.75, 3.05) is 5.32 Å². The van der Waals surface area contributed by atoms with E-state index < -0.39 is 12.1 Å². The van der Waals surface area contributed by atoms with Gasteiger partial charge in [0.2, 0.25) is 11.7 Å². The van der Waals surface area contributed by atoms with Gasteiger partial charge in [0.15, 0.2) is 6.10 Å². The van der Waals surface area contributed by atoms with Crippen LogP contribution in [-0.2, 0) is 9.53 Å². The van der Waals surface area contributed by atoms with Crippen LogP contribution < -0.4 is 5.32 Å². The number of amides is 1. The zero-order chi connectivity index (χ0) is 19.3. The molecule has 0 fully saturated rings. The van der Waals surface area contributed by atoms with Gasteiger partial charge in [0.05, 0.1) is 10.6 Å². The largest absolute Gasteiger partial charge is 0.451 e. The van der Waals surface area contributed by atoms with Crippen molar-refractivity contribution in [1.29, 1.82) is 0 Å². The number of esters is 1. The van der Waals surface area contributed by atoms with E-state index in [1.807, 2.05) is 0 Å². The summed E-state index contributed by atoms with van der Waals surface area (Å²) in [7, 11) is 0. The molecule has 1 atom stereocenters. The lowest BCUT2D eigenvalue weighted by Crippen LogP contribution is -2.24. The van der Waals surface area contributed by atoms with Crippen LogP contribution in [0, 0.1) is 5.92 Å².